The van der Waals surface area contributed by atoms with Gasteiger partial charge in [0.1, 0.15) is 6.04 Å². The van der Waals surface area contributed by atoms with Gasteiger partial charge in [-0.05, 0) is 12.3 Å². The van der Waals surface area contributed by atoms with Crippen molar-refractivity contribution in [2.45, 2.75) is 33.7 Å². The first kappa shape index (κ1) is 11.9. The Bertz CT molecular complexity index is 196. The van der Waals surface area contributed by atoms with Crippen LogP contribution in [-0.2, 0) is 9.59 Å². The molecule has 0 saturated heterocycles. The molecule has 0 aliphatic heterocycles. The van der Waals surface area contributed by atoms with E-state index >= 15 is 0 Å². The number of rotatable bonds is 4. The summed E-state index contributed by atoms with van der Waals surface area (Å²) in [5, 5.41) is 8.94. The van der Waals surface area contributed by atoms with Crippen LogP contribution in [0.5, 0.6) is 0 Å². The van der Waals surface area contributed by atoms with Crippen LogP contribution in [0.1, 0.15) is 27.7 Å². The SMILES string of the molecule is CCN(C=O)C(C(=O)O)C(C)(C)C. The number of amides is 1. The second-order valence-corrected chi connectivity index (χ2v) is 4.04. The van der Waals surface area contributed by atoms with Crippen LogP contribution in [-0.4, -0.2) is 35.0 Å². The van der Waals surface area contributed by atoms with Crippen molar-refractivity contribution in [3.8, 4) is 0 Å². The molecular weight excluding hydrogens is 170 g/mol. The minimum atomic E-state index is -0.957. The lowest BCUT2D eigenvalue weighted by Crippen LogP contribution is -2.48. The number of hydrogen-bond acceptors (Lipinski definition) is 2. The van der Waals surface area contributed by atoms with Gasteiger partial charge in [-0.25, -0.2) is 4.79 Å². The molecule has 0 spiro atoms. The predicted octanol–water partition coefficient (Wildman–Crippen LogP) is 0.964. The minimum Gasteiger partial charge on any atom is -0.480 e. The van der Waals surface area contributed by atoms with Gasteiger partial charge < -0.3 is 10.0 Å². The highest BCUT2D eigenvalue weighted by atomic mass is 16.4. The van der Waals surface area contributed by atoms with Gasteiger partial charge in [0.25, 0.3) is 0 Å². The first-order chi connectivity index (χ1) is 5.84. The van der Waals surface area contributed by atoms with Gasteiger partial charge in [-0.3, -0.25) is 4.79 Å². The summed E-state index contributed by atoms with van der Waals surface area (Å²) in [6.07, 6.45) is 0.587. The smallest absolute Gasteiger partial charge is 0.326 e. The van der Waals surface area contributed by atoms with E-state index in [1.807, 2.05) is 0 Å². The van der Waals surface area contributed by atoms with Gasteiger partial charge in [-0.2, -0.15) is 0 Å². The van der Waals surface area contributed by atoms with Crippen molar-refractivity contribution in [1.29, 1.82) is 0 Å². The van der Waals surface area contributed by atoms with Crippen LogP contribution < -0.4 is 0 Å². The van der Waals surface area contributed by atoms with Crippen molar-refractivity contribution in [3.63, 3.8) is 0 Å². The summed E-state index contributed by atoms with van der Waals surface area (Å²) in [7, 11) is 0. The summed E-state index contributed by atoms with van der Waals surface area (Å²) in [5.74, 6) is -0.957. The Labute approximate surface area is 78.5 Å². The van der Waals surface area contributed by atoms with Gasteiger partial charge in [0.05, 0.1) is 0 Å². The average molecular weight is 187 g/mol. The van der Waals surface area contributed by atoms with Crippen LogP contribution in [0.25, 0.3) is 0 Å². The topological polar surface area (TPSA) is 57.6 Å². The van der Waals surface area contributed by atoms with E-state index in [0.717, 1.165) is 0 Å². The molecule has 4 heteroatoms. The second kappa shape index (κ2) is 4.25. The van der Waals surface area contributed by atoms with E-state index in [0.29, 0.717) is 13.0 Å². The second-order valence-electron chi connectivity index (χ2n) is 4.04. The van der Waals surface area contributed by atoms with E-state index in [2.05, 4.69) is 0 Å². The summed E-state index contributed by atoms with van der Waals surface area (Å²) in [5.41, 5.74) is -0.442. The van der Waals surface area contributed by atoms with E-state index < -0.39 is 17.4 Å². The van der Waals surface area contributed by atoms with Gasteiger partial charge in [-0.1, -0.05) is 20.8 Å². The highest BCUT2D eigenvalue weighted by molar-refractivity contribution is 5.77. The van der Waals surface area contributed by atoms with Crippen LogP contribution in [0.2, 0.25) is 0 Å². The third kappa shape index (κ3) is 3.05. The zero-order valence-electron chi connectivity index (χ0n) is 8.57. The summed E-state index contributed by atoms with van der Waals surface area (Å²) < 4.78 is 0. The molecule has 0 saturated carbocycles. The molecule has 0 fully saturated rings. The molecule has 1 atom stereocenters. The van der Waals surface area contributed by atoms with Crippen molar-refractivity contribution in [2.75, 3.05) is 6.54 Å². The van der Waals surface area contributed by atoms with Crippen molar-refractivity contribution >= 4 is 12.4 Å². The maximum absolute atomic E-state index is 10.9. The van der Waals surface area contributed by atoms with Crippen LogP contribution in [0.4, 0.5) is 0 Å². The monoisotopic (exact) mass is 187 g/mol. The molecule has 0 bridgehead atoms. The van der Waals surface area contributed by atoms with Crippen molar-refractivity contribution in [1.82, 2.24) is 4.90 Å². The summed E-state index contributed by atoms with van der Waals surface area (Å²) >= 11 is 0. The molecule has 0 aromatic heterocycles. The lowest BCUT2D eigenvalue weighted by atomic mass is 9.86. The van der Waals surface area contributed by atoms with Gasteiger partial charge in [0, 0.05) is 6.54 Å². The number of hydrogen-bond donors (Lipinski definition) is 1. The van der Waals surface area contributed by atoms with Crippen molar-refractivity contribution < 1.29 is 14.7 Å². The molecule has 0 radical (unpaired) electrons. The molecule has 76 valence electrons. The van der Waals surface area contributed by atoms with Gasteiger partial charge >= 0.3 is 5.97 Å². The largest absolute Gasteiger partial charge is 0.480 e. The van der Waals surface area contributed by atoms with E-state index in [1.54, 1.807) is 27.7 Å². The fraction of sp³-hybridized carbons (Fsp3) is 0.778. The van der Waals surface area contributed by atoms with E-state index in [4.69, 9.17) is 5.11 Å². The third-order valence-corrected chi connectivity index (χ3v) is 1.89. The van der Waals surface area contributed by atoms with Crippen LogP contribution >= 0.6 is 0 Å². The summed E-state index contributed by atoms with van der Waals surface area (Å²) in [4.78, 5) is 22.8. The Balaban J connectivity index is 4.79. The Kier molecular flexibility index (Phi) is 3.91. The van der Waals surface area contributed by atoms with E-state index in [1.165, 1.54) is 4.90 Å². The third-order valence-electron chi connectivity index (χ3n) is 1.89. The first-order valence-corrected chi connectivity index (χ1v) is 4.28. The maximum Gasteiger partial charge on any atom is 0.326 e. The fourth-order valence-corrected chi connectivity index (χ4v) is 1.33. The molecule has 0 aromatic carbocycles. The van der Waals surface area contributed by atoms with Crippen LogP contribution in [0.3, 0.4) is 0 Å². The molecular formula is C9H17NO3. The zero-order chi connectivity index (χ0) is 10.6. The number of nitrogens with zero attached hydrogens (tertiary/aromatic N) is 1. The molecule has 0 heterocycles. The predicted molar refractivity (Wildman–Crippen MR) is 49.3 cm³/mol. The number of carbonyl (C=O) groups is 2. The first-order valence-electron chi connectivity index (χ1n) is 4.28. The Morgan fingerprint density at radius 1 is 1.54 bits per heavy atom. The molecule has 0 rings (SSSR count). The van der Waals surface area contributed by atoms with Gasteiger partial charge in [0.2, 0.25) is 6.41 Å². The number of carbonyl (C=O) groups excluding carboxylic acids is 1. The Morgan fingerprint density at radius 2 is 2.00 bits per heavy atom. The standard InChI is InChI=1S/C9H17NO3/c1-5-10(6-11)7(8(12)13)9(2,3)4/h6-7H,5H2,1-4H3,(H,12,13). The Morgan fingerprint density at radius 3 is 2.08 bits per heavy atom. The highest BCUT2D eigenvalue weighted by Crippen LogP contribution is 2.23. The molecule has 1 amide bonds. The summed E-state index contributed by atoms with van der Waals surface area (Å²) in [6.45, 7) is 7.58. The van der Waals surface area contributed by atoms with Crippen LogP contribution in [0.15, 0.2) is 0 Å². The average Bonchev–Trinajstić information content (AvgIpc) is 1.96. The highest BCUT2D eigenvalue weighted by Gasteiger charge is 2.35. The van der Waals surface area contributed by atoms with Gasteiger partial charge in [-0.15, -0.1) is 0 Å². The lowest BCUT2D eigenvalue weighted by Gasteiger charge is -2.34. The van der Waals surface area contributed by atoms with E-state index in [9.17, 15) is 9.59 Å². The van der Waals surface area contributed by atoms with E-state index in [-0.39, 0.29) is 0 Å². The normalized spacial score (nSPS) is 13.5. The molecule has 4 nitrogen and oxygen atoms in total. The Hall–Kier alpha value is -1.06. The van der Waals surface area contributed by atoms with Crippen molar-refractivity contribution in [3.05, 3.63) is 0 Å². The van der Waals surface area contributed by atoms with Crippen LogP contribution in [0, 0.1) is 5.41 Å². The molecule has 0 aliphatic carbocycles. The summed E-state index contributed by atoms with van der Waals surface area (Å²) in [6, 6.07) is -0.755. The quantitative estimate of drug-likeness (QED) is 0.667. The molecule has 13 heavy (non-hydrogen) atoms. The number of aliphatic carboxylic acids is 1. The minimum absolute atomic E-state index is 0.414. The number of carboxylic acid groups (broad SMARTS) is 1. The fourth-order valence-electron chi connectivity index (χ4n) is 1.33. The zero-order valence-corrected chi connectivity index (χ0v) is 8.57. The van der Waals surface area contributed by atoms with Crippen molar-refractivity contribution in [2.24, 2.45) is 5.41 Å². The molecule has 0 aromatic rings. The molecule has 1 N–H and O–H groups in total. The lowest BCUT2D eigenvalue weighted by molar-refractivity contribution is -0.150. The maximum atomic E-state index is 10.9. The molecule has 1 unspecified atom stereocenters. The van der Waals surface area contributed by atoms with Gasteiger partial charge in [0.15, 0.2) is 0 Å². The number of carboxylic acids is 1. The number of likely N-dealkylation sites (N-methyl/N-ethyl adjacent to an activating group) is 1. The molecule has 0 aliphatic rings.